The summed E-state index contributed by atoms with van der Waals surface area (Å²) in [5.41, 5.74) is 0. The van der Waals surface area contributed by atoms with Crippen LogP contribution in [0.4, 0.5) is 4.79 Å². The Bertz CT molecular complexity index is 166. The van der Waals surface area contributed by atoms with Crippen LogP contribution in [-0.2, 0) is 9.53 Å². The van der Waals surface area contributed by atoms with Gasteiger partial charge in [-0.05, 0) is 0 Å². The Morgan fingerprint density at radius 2 is 2.00 bits per heavy atom. The zero-order valence-corrected chi connectivity index (χ0v) is 6.47. The molecule has 0 aromatic heterocycles. The molecule has 0 unspecified atom stereocenters. The topological polar surface area (TPSA) is 46.6 Å². The van der Waals surface area contributed by atoms with Crippen molar-refractivity contribution in [3.05, 3.63) is 0 Å². The normalized spacial score (nSPS) is 8.20. The lowest BCUT2D eigenvalue weighted by Gasteiger charge is -2.06. The van der Waals surface area contributed by atoms with Gasteiger partial charge in [-0.1, -0.05) is 12.2 Å². The maximum Gasteiger partial charge on any atom is 0.417 e. The van der Waals surface area contributed by atoms with Gasteiger partial charge in [-0.25, -0.2) is 9.59 Å². The maximum atomic E-state index is 10.5. The van der Waals surface area contributed by atoms with E-state index in [1.54, 1.807) is 0 Å². The molecule has 0 aromatic carbocycles. The van der Waals surface area contributed by atoms with E-state index >= 15 is 0 Å². The highest BCUT2D eigenvalue weighted by atomic mass is 32.1. The molecule has 0 bridgehead atoms. The van der Waals surface area contributed by atoms with Crippen molar-refractivity contribution < 1.29 is 14.3 Å². The fourth-order valence-electron chi connectivity index (χ4n) is 0.201. The molecule has 0 N–H and O–H groups in total. The zero-order chi connectivity index (χ0) is 8.15. The van der Waals surface area contributed by atoms with Crippen molar-refractivity contribution in [2.75, 3.05) is 14.1 Å². The monoisotopic (exact) mass is 161 g/mol. The maximum absolute atomic E-state index is 10.5. The van der Waals surface area contributed by atoms with Gasteiger partial charge in [-0.15, -0.1) is 0 Å². The molecule has 0 atom stereocenters. The summed E-state index contributed by atoms with van der Waals surface area (Å²) in [5.74, 6) is -0.811. The first-order chi connectivity index (χ1) is 4.57. The molecular weight excluding hydrogens is 154 g/mol. The Morgan fingerprint density at radius 1 is 1.50 bits per heavy atom. The molecule has 0 aromatic rings. The van der Waals surface area contributed by atoms with Gasteiger partial charge >= 0.3 is 12.1 Å². The minimum atomic E-state index is -0.811. The molecule has 10 heavy (non-hydrogen) atoms. The third kappa shape index (κ3) is 3.13. The van der Waals surface area contributed by atoms with E-state index in [-0.39, 0.29) is 0 Å². The van der Waals surface area contributed by atoms with Crippen molar-refractivity contribution in [1.29, 1.82) is 0 Å². The fourth-order valence-corrected chi connectivity index (χ4v) is 0.250. The Kier molecular flexibility index (Phi) is 3.56. The van der Waals surface area contributed by atoms with Gasteiger partial charge in [0.1, 0.15) is 0 Å². The number of hydrogen-bond acceptors (Lipinski definition) is 4. The van der Waals surface area contributed by atoms with Gasteiger partial charge in [0, 0.05) is 14.1 Å². The van der Waals surface area contributed by atoms with Crippen molar-refractivity contribution in [3.8, 4) is 0 Å². The highest BCUT2D eigenvalue weighted by molar-refractivity contribution is 7.80. The quantitative estimate of drug-likeness (QED) is 0.313. The molecule has 0 aliphatic heterocycles. The Hall–Kier alpha value is -0.970. The van der Waals surface area contributed by atoms with E-state index in [1.165, 1.54) is 14.1 Å². The molecule has 0 fully saturated rings. The number of hydrogen-bond donors (Lipinski definition) is 0. The van der Waals surface area contributed by atoms with Gasteiger partial charge in [0.2, 0.25) is 0 Å². The van der Waals surface area contributed by atoms with E-state index in [0.29, 0.717) is 0 Å². The largest absolute Gasteiger partial charge is 0.417 e. The molecular formula is C5H7NO3S. The van der Waals surface area contributed by atoms with Crippen molar-refractivity contribution >= 4 is 29.6 Å². The predicted octanol–water partition coefficient (Wildman–Crippen LogP) is 0.211. The molecule has 0 saturated carbocycles. The van der Waals surface area contributed by atoms with Crippen LogP contribution in [0.3, 0.4) is 0 Å². The first-order valence-corrected chi connectivity index (χ1v) is 2.93. The van der Waals surface area contributed by atoms with Crippen LogP contribution in [0.25, 0.3) is 0 Å². The molecule has 0 aliphatic carbocycles. The SMILES string of the molecule is CN(C)C(=O)OC(=O)C=S. The summed E-state index contributed by atoms with van der Waals surface area (Å²) < 4.78 is 4.15. The third-order valence-corrected chi connectivity index (χ3v) is 0.842. The fraction of sp³-hybridized carbons (Fsp3) is 0.400. The number of ether oxygens (including phenoxy) is 1. The molecule has 0 saturated heterocycles. The van der Waals surface area contributed by atoms with Crippen LogP contribution in [0.2, 0.25) is 0 Å². The van der Waals surface area contributed by atoms with Crippen LogP contribution < -0.4 is 0 Å². The zero-order valence-electron chi connectivity index (χ0n) is 5.66. The number of amides is 1. The van der Waals surface area contributed by atoms with Crippen molar-refractivity contribution in [2.24, 2.45) is 0 Å². The van der Waals surface area contributed by atoms with Crippen LogP contribution in [0, 0.1) is 0 Å². The molecule has 4 nitrogen and oxygen atoms in total. The second-order valence-corrected chi connectivity index (χ2v) is 1.93. The summed E-state index contributed by atoms with van der Waals surface area (Å²) in [6.45, 7) is 0. The Labute approximate surface area is 63.8 Å². The summed E-state index contributed by atoms with van der Waals surface area (Å²) >= 11 is 4.21. The van der Waals surface area contributed by atoms with Gasteiger partial charge in [-0.2, -0.15) is 0 Å². The molecule has 0 rings (SSSR count). The van der Waals surface area contributed by atoms with E-state index in [9.17, 15) is 9.59 Å². The van der Waals surface area contributed by atoms with E-state index in [0.717, 1.165) is 10.3 Å². The average molecular weight is 161 g/mol. The molecule has 56 valence electrons. The lowest BCUT2D eigenvalue weighted by Crippen LogP contribution is -2.25. The van der Waals surface area contributed by atoms with Gasteiger partial charge in [-0.3, -0.25) is 0 Å². The molecule has 1 amide bonds. The van der Waals surface area contributed by atoms with Crippen molar-refractivity contribution in [3.63, 3.8) is 0 Å². The number of esters is 1. The summed E-state index contributed by atoms with van der Waals surface area (Å²) in [5, 5.41) is 0.765. The number of carbonyl (C=O) groups excluding carboxylic acids is 2. The third-order valence-electron chi connectivity index (χ3n) is 0.649. The lowest BCUT2D eigenvalue weighted by atomic mass is 10.8. The molecule has 0 radical (unpaired) electrons. The lowest BCUT2D eigenvalue weighted by molar-refractivity contribution is -0.129. The molecule has 5 heteroatoms. The summed E-state index contributed by atoms with van der Waals surface area (Å²) in [6, 6.07) is 0. The van der Waals surface area contributed by atoms with Crippen LogP contribution in [0.1, 0.15) is 0 Å². The second-order valence-electron chi connectivity index (χ2n) is 1.70. The number of nitrogens with zero attached hydrogens (tertiary/aromatic N) is 1. The van der Waals surface area contributed by atoms with Gasteiger partial charge in [0.15, 0.2) is 0 Å². The van der Waals surface area contributed by atoms with E-state index in [4.69, 9.17) is 0 Å². The van der Waals surface area contributed by atoms with Crippen LogP contribution in [-0.4, -0.2) is 36.4 Å². The standard InChI is InChI=1S/C5H7NO3S/c1-6(2)5(8)9-4(7)3-10/h3H,1-2H3. The Balaban J connectivity index is 3.80. The highest BCUT2D eigenvalue weighted by Crippen LogP contribution is 1.84. The number of carbonyl (C=O) groups is 2. The van der Waals surface area contributed by atoms with Crippen molar-refractivity contribution in [2.45, 2.75) is 0 Å². The second kappa shape index (κ2) is 3.94. The first-order valence-electron chi connectivity index (χ1n) is 2.46. The predicted molar refractivity (Wildman–Crippen MR) is 38.8 cm³/mol. The minimum absolute atomic E-state index is 0.717. The van der Waals surface area contributed by atoms with Crippen LogP contribution in [0.15, 0.2) is 0 Å². The molecule has 0 aliphatic rings. The number of thiocarbonyl (C=S) groups is 1. The summed E-state index contributed by atoms with van der Waals surface area (Å²) in [4.78, 5) is 22.0. The summed E-state index contributed by atoms with van der Waals surface area (Å²) in [6.07, 6.45) is -0.717. The molecule has 0 spiro atoms. The van der Waals surface area contributed by atoms with Crippen LogP contribution >= 0.6 is 12.2 Å². The van der Waals surface area contributed by atoms with E-state index in [2.05, 4.69) is 17.0 Å². The van der Waals surface area contributed by atoms with Crippen LogP contribution in [0.5, 0.6) is 0 Å². The minimum Gasteiger partial charge on any atom is -0.372 e. The Morgan fingerprint density at radius 3 is 2.30 bits per heavy atom. The first kappa shape index (κ1) is 9.03. The van der Waals surface area contributed by atoms with Gasteiger partial charge < -0.3 is 9.64 Å². The molecule has 0 heterocycles. The smallest absolute Gasteiger partial charge is 0.372 e. The van der Waals surface area contributed by atoms with E-state index < -0.39 is 12.1 Å². The highest BCUT2D eigenvalue weighted by Gasteiger charge is 2.08. The average Bonchev–Trinajstić information content (AvgIpc) is 1.87. The van der Waals surface area contributed by atoms with Crippen molar-refractivity contribution in [1.82, 2.24) is 4.90 Å². The number of rotatable bonds is 1. The summed E-state index contributed by atoms with van der Waals surface area (Å²) in [7, 11) is 2.94. The van der Waals surface area contributed by atoms with Gasteiger partial charge in [0.25, 0.3) is 0 Å². The van der Waals surface area contributed by atoms with Gasteiger partial charge in [0.05, 0.1) is 5.37 Å². The van der Waals surface area contributed by atoms with E-state index in [1.807, 2.05) is 0 Å².